The third kappa shape index (κ3) is 3.91. The first-order valence-electron chi connectivity index (χ1n) is 7.96. The molecule has 3 nitrogen and oxygen atoms in total. The van der Waals surface area contributed by atoms with Crippen LogP contribution in [0.1, 0.15) is 52.9 Å². The number of hydrogen-bond donors (Lipinski definition) is 0. The molecule has 0 aromatic carbocycles. The van der Waals surface area contributed by atoms with Gasteiger partial charge in [0.25, 0.3) is 0 Å². The number of carbonyl (C=O) groups is 1. The van der Waals surface area contributed by atoms with Crippen LogP contribution in [0.25, 0.3) is 0 Å². The largest absolute Gasteiger partial charge is 0.466 e. The molecule has 2 fully saturated rings. The van der Waals surface area contributed by atoms with Gasteiger partial charge in [0.2, 0.25) is 0 Å². The smallest absolute Gasteiger partial charge is 0.307 e. The Morgan fingerprint density at radius 3 is 2.50 bits per heavy atom. The van der Waals surface area contributed by atoms with E-state index in [0.717, 1.165) is 25.3 Å². The van der Waals surface area contributed by atoms with Gasteiger partial charge in [-0.1, -0.05) is 20.3 Å². The molecule has 0 amide bonds. The number of piperidine rings is 1. The first kappa shape index (κ1) is 16.2. The number of nitrogens with zero attached hydrogens (tertiary/aromatic N) is 1. The summed E-state index contributed by atoms with van der Waals surface area (Å²) < 4.78 is 5.25. The Hall–Kier alpha value is -0.220. The van der Waals surface area contributed by atoms with E-state index in [9.17, 15) is 4.79 Å². The fraction of sp³-hybridized carbons (Fsp3) is 0.938. The van der Waals surface area contributed by atoms with Crippen molar-refractivity contribution in [1.29, 1.82) is 0 Å². The Bertz CT molecular complexity index is 339. The zero-order valence-corrected chi connectivity index (χ0v) is 14.1. The number of hydrogen-bond acceptors (Lipinski definition) is 4. The molecular weight excluding hydrogens is 270 g/mol. The lowest BCUT2D eigenvalue weighted by atomic mass is 9.76. The molecule has 20 heavy (non-hydrogen) atoms. The predicted octanol–water partition coefficient (Wildman–Crippen LogP) is 3.33. The van der Waals surface area contributed by atoms with Crippen LogP contribution in [0.15, 0.2) is 0 Å². The highest BCUT2D eigenvalue weighted by atomic mass is 32.2. The lowest BCUT2D eigenvalue weighted by molar-refractivity contribution is -0.147. The third-order valence-electron chi connectivity index (χ3n) is 4.48. The summed E-state index contributed by atoms with van der Waals surface area (Å²) in [6.45, 7) is 9.36. The highest BCUT2D eigenvalue weighted by Gasteiger charge is 2.46. The third-order valence-corrected chi connectivity index (χ3v) is 6.20. The van der Waals surface area contributed by atoms with Gasteiger partial charge in [0.15, 0.2) is 0 Å². The van der Waals surface area contributed by atoms with Crippen LogP contribution in [-0.2, 0) is 9.53 Å². The first-order valence-corrected chi connectivity index (χ1v) is 9.11. The molecule has 0 bridgehead atoms. The average molecular weight is 299 g/mol. The van der Waals surface area contributed by atoms with Gasteiger partial charge in [0, 0.05) is 11.3 Å². The van der Waals surface area contributed by atoms with E-state index >= 15 is 0 Å². The molecule has 1 unspecified atom stereocenters. The zero-order chi connectivity index (χ0) is 14.6. The lowest BCUT2D eigenvalue weighted by Gasteiger charge is -2.51. The summed E-state index contributed by atoms with van der Waals surface area (Å²) in [5.74, 6) is 2.26. The Labute approximate surface area is 127 Å². The van der Waals surface area contributed by atoms with Crippen molar-refractivity contribution in [2.75, 3.05) is 31.2 Å². The Kier molecular flexibility index (Phi) is 5.41. The van der Waals surface area contributed by atoms with Gasteiger partial charge < -0.3 is 4.74 Å². The second kappa shape index (κ2) is 6.69. The number of likely N-dealkylation sites (tertiary alicyclic amines) is 1. The molecule has 0 radical (unpaired) electrons. The Balaban J connectivity index is 2.15. The number of thioether (sulfide) groups is 1. The molecule has 2 heterocycles. The lowest BCUT2D eigenvalue weighted by Crippen LogP contribution is -2.58. The summed E-state index contributed by atoms with van der Waals surface area (Å²) in [7, 11) is 0. The predicted molar refractivity (Wildman–Crippen MR) is 85.1 cm³/mol. The molecular formula is C16H29NO2S. The van der Waals surface area contributed by atoms with E-state index in [1.54, 1.807) is 0 Å². The highest BCUT2D eigenvalue weighted by Crippen LogP contribution is 2.45. The maximum Gasteiger partial charge on any atom is 0.307 e. The number of ether oxygens (including phenoxy) is 1. The van der Waals surface area contributed by atoms with Crippen molar-refractivity contribution in [3.63, 3.8) is 0 Å². The molecule has 0 aromatic heterocycles. The topological polar surface area (TPSA) is 29.5 Å². The second-order valence-corrected chi connectivity index (χ2v) is 8.07. The molecule has 2 aliphatic rings. The van der Waals surface area contributed by atoms with Crippen molar-refractivity contribution in [1.82, 2.24) is 4.90 Å². The normalized spacial score (nSPS) is 30.9. The average Bonchev–Trinajstić information content (AvgIpc) is 2.38. The van der Waals surface area contributed by atoms with Crippen LogP contribution in [0.4, 0.5) is 0 Å². The van der Waals surface area contributed by atoms with E-state index in [0.29, 0.717) is 18.4 Å². The van der Waals surface area contributed by atoms with Crippen molar-refractivity contribution in [3.8, 4) is 0 Å². The molecule has 116 valence electrons. The van der Waals surface area contributed by atoms with Crippen LogP contribution in [0.5, 0.6) is 0 Å². The SMILES string of the molecule is CCOC(=O)CC1(N2CCCCC2)CSCC(C)(C)C1. The minimum Gasteiger partial charge on any atom is -0.466 e. The van der Waals surface area contributed by atoms with Crippen LogP contribution in [0, 0.1) is 5.41 Å². The molecule has 0 spiro atoms. The maximum absolute atomic E-state index is 12.1. The number of esters is 1. The fourth-order valence-electron chi connectivity index (χ4n) is 3.79. The molecule has 2 aliphatic heterocycles. The Morgan fingerprint density at radius 2 is 1.90 bits per heavy atom. The molecule has 1 atom stereocenters. The summed E-state index contributed by atoms with van der Waals surface area (Å²) in [5.41, 5.74) is 0.339. The van der Waals surface area contributed by atoms with Crippen molar-refractivity contribution in [2.24, 2.45) is 5.41 Å². The summed E-state index contributed by atoms with van der Waals surface area (Å²) in [5, 5.41) is 0. The Morgan fingerprint density at radius 1 is 1.20 bits per heavy atom. The minimum atomic E-state index is -0.0172. The summed E-state index contributed by atoms with van der Waals surface area (Å²) in [4.78, 5) is 14.7. The molecule has 4 heteroatoms. The molecule has 0 aliphatic carbocycles. The fourth-order valence-corrected chi connectivity index (χ4v) is 5.31. The maximum atomic E-state index is 12.1. The van der Waals surface area contributed by atoms with E-state index in [4.69, 9.17) is 4.74 Å². The standard InChI is InChI=1S/C16H29NO2S/c1-4-19-14(18)10-16(17-8-6-5-7-9-17)11-15(2,3)12-20-13-16/h4-13H2,1-3H3. The van der Waals surface area contributed by atoms with Crippen LogP contribution in [-0.4, -0.2) is 47.6 Å². The molecule has 0 saturated carbocycles. The van der Waals surface area contributed by atoms with E-state index in [1.807, 2.05) is 18.7 Å². The molecule has 2 saturated heterocycles. The quantitative estimate of drug-likeness (QED) is 0.745. The van der Waals surface area contributed by atoms with Gasteiger partial charge >= 0.3 is 5.97 Å². The van der Waals surface area contributed by atoms with E-state index in [-0.39, 0.29) is 11.5 Å². The molecule has 0 N–H and O–H groups in total. The summed E-state index contributed by atoms with van der Waals surface area (Å²) in [6, 6.07) is 0. The van der Waals surface area contributed by atoms with Gasteiger partial charge in [0.1, 0.15) is 0 Å². The van der Waals surface area contributed by atoms with Crippen LogP contribution >= 0.6 is 11.8 Å². The van der Waals surface area contributed by atoms with Crippen LogP contribution in [0.2, 0.25) is 0 Å². The van der Waals surface area contributed by atoms with Gasteiger partial charge in [-0.15, -0.1) is 0 Å². The minimum absolute atomic E-state index is 0.0172. The van der Waals surface area contributed by atoms with Gasteiger partial charge in [-0.3, -0.25) is 9.69 Å². The van der Waals surface area contributed by atoms with E-state index < -0.39 is 0 Å². The molecule has 0 aromatic rings. The number of rotatable bonds is 4. The summed E-state index contributed by atoms with van der Waals surface area (Å²) in [6.07, 6.45) is 5.57. The van der Waals surface area contributed by atoms with Crippen molar-refractivity contribution in [3.05, 3.63) is 0 Å². The zero-order valence-electron chi connectivity index (χ0n) is 13.2. The monoisotopic (exact) mass is 299 g/mol. The molecule has 2 rings (SSSR count). The summed E-state index contributed by atoms with van der Waals surface area (Å²) >= 11 is 2.01. The van der Waals surface area contributed by atoms with E-state index in [1.165, 1.54) is 25.0 Å². The van der Waals surface area contributed by atoms with E-state index in [2.05, 4.69) is 18.7 Å². The van der Waals surface area contributed by atoms with Crippen LogP contribution in [0.3, 0.4) is 0 Å². The van der Waals surface area contributed by atoms with Gasteiger partial charge in [-0.2, -0.15) is 11.8 Å². The first-order chi connectivity index (χ1) is 9.47. The van der Waals surface area contributed by atoms with Gasteiger partial charge in [-0.05, 0) is 50.4 Å². The van der Waals surface area contributed by atoms with Crippen molar-refractivity contribution in [2.45, 2.75) is 58.4 Å². The number of carbonyl (C=O) groups excluding carboxylic acids is 1. The van der Waals surface area contributed by atoms with Gasteiger partial charge in [0.05, 0.1) is 13.0 Å². The van der Waals surface area contributed by atoms with Gasteiger partial charge in [-0.25, -0.2) is 0 Å². The van der Waals surface area contributed by atoms with Crippen molar-refractivity contribution >= 4 is 17.7 Å². The van der Waals surface area contributed by atoms with Crippen molar-refractivity contribution < 1.29 is 9.53 Å². The highest BCUT2D eigenvalue weighted by molar-refractivity contribution is 7.99. The second-order valence-electron chi connectivity index (χ2n) is 7.09. The van der Waals surface area contributed by atoms with Crippen LogP contribution < -0.4 is 0 Å².